The molecule has 0 heterocycles. The molecule has 17 heavy (non-hydrogen) atoms. The summed E-state index contributed by atoms with van der Waals surface area (Å²) >= 11 is 0. The van der Waals surface area contributed by atoms with Crippen LogP contribution in [0.5, 0.6) is 5.75 Å². The molecular weight excluding hydrogens is 217 g/mol. The van der Waals surface area contributed by atoms with E-state index in [-0.39, 0.29) is 11.9 Å². The van der Waals surface area contributed by atoms with E-state index in [4.69, 9.17) is 4.74 Å². The molecule has 1 atom stereocenters. The van der Waals surface area contributed by atoms with E-state index in [1.807, 2.05) is 33.8 Å². The molecule has 0 saturated carbocycles. The van der Waals surface area contributed by atoms with Gasteiger partial charge in [0.25, 0.3) is 0 Å². The highest BCUT2D eigenvalue weighted by atomic mass is 19.1. The highest BCUT2D eigenvalue weighted by Crippen LogP contribution is 2.23. The summed E-state index contributed by atoms with van der Waals surface area (Å²) in [5.41, 5.74) is 0.968. The summed E-state index contributed by atoms with van der Waals surface area (Å²) in [7, 11) is 0. The molecule has 1 aromatic carbocycles. The standard InChI is InChI=1S/C14H22FNO/c1-5-16-9-11(4)17-14-7-12(10(2)3)6-13(15)8-14/h6-8,10-11,16H,5,9H2,1-4H3/t11-/m0/s1. The summed E-state index contributed by atoms with van der Waals surface area (Å²) in [4.78, 5) is 0. The average Bonchev–Trinajstić information content (AvgIpc) is 2.25. The Morgan fingerprint density at radius 3 is 2.53 bits per heavy atom. The van der Waals surface area contributed by atoms with E-state index in [0.717, 1.165) is 18.7 Å². The first-order valence-electron chi connectivity index (χ1n) is 6.20. The van der Waals surface area contributed by atoms with Gasteiger partial charge in [0.05, 0.1) is 0 Å². The Kier molecular flexibility index (Phi) is 5.42. The lowest BCUT2D eigenvalue weighted by atomic mass is 10.0. The van der Waals surface area contributed by atoms with Crippen LogP contribution in [0, 0.1) is 5.82 Å². The molecule has 1 aromatic rings. The van der Waals surface area contributed by atoms with E-state index in [1.165, 1.54) is 6.07 Å². The fraction of sp³-hybridized carbons (Fsp3) is 0.571. The maximum Gasteiger partial charge on any atom is 0.127 e. The van der Waals surface area contributed by atoms with Gasteiger partial charge in [-0.15, -0.1) is 0 Å². The quantitative estimate of drug-likeness (QED) is 0.822. The molecule has 0 amide bonds. The lowest BCUT2D eigenvalue weighted by Crippen LogP contribution is -2.28. The second kappa shape index (κ2) is 6.60. The minimum Gasteiger partial charge on any atom is -0.489 e. The number of rotatable bonds is 6. The van der Waals surface area contributed by atoms with Gasteiger partial charge in [-0.25, -0.2) is 4.39 Å². The molecular formula is C14H22FNO. The van der Waals surface area contributed by atoms with Crippen molar-refractivity contribution < 1.29 is 9.13 Å². The van der Waals surface area contributed by atoms with Crippen LogP contribution in [0.3, 0.4) is 0 Å². The molecule has 0 radical (unpaired) electrons. The predicted molar refractivity (Wildman–Crippen MR) is 69.1 cm³/mol. The minimum atomic E-state index is -0.234. The van der Waals surface area contributed by atoms with Crippen LogP contribution in [0.2, 0.25) is 0 Å². The molecule has 0 fully saturated rings. The zero-order valence-electron chi connectivity index (χ0n) is 11.1. The number of benzene rings is 1. The van der Waals surface area contributed by atoms with Gasteiger partial charge in [-0.05, 0) is 37.1 Å². The Labute approximate surface area is 103 Å². The molecule has 0 aromatic heterocycles. The number of nitrogens with one attached hydrogen (secondary N) is 1. The molecule has 0 aliphatic heterocycles. The van der Waals surface area contributed by atoms with Gasteiger partial charge in [-0.1, -0.05) is 20.8 Å². The molecule has 0 aliphatic carbocycles. The first kappa shape index (κ1) is 14.0. The van der Waals surface area contributed by atoms with Crippen molar-refractivity contribution in [3.05, 3.63) is 29.6 Å². The summed E-state index contributed by atoms with van der Waals surface area (Å²) in [6.07, 6.45) is 0.0387. The van der Waals surface area contributed by atoms with Crippen LogP contribution in [-0.4, -0.2) is 19.2 Å². The van der Waals surface area contributed by atoms with E-state index < -0.39 is 0 Å². The van der Waals surface area contributed by atoms with Crippen LogP contribution in [0.4, 0.5) is 4.39 Å². The second-order valence-electron chi connectivity index (χ2n) is 4.61. The van der Waals surface area contributed by atoms with Gasteiger partial charge in [0.1, 0.15) is 17.7 Å². The van der Waals surface area contributed by atoms with Gasteiger partial charge in [-0.2, -0.15) is 0 Å². The van der Waals surface area contributed by atoms with Gasteiger partial charge in [0.15, 0.2) is 0 Å². The van der Waals surface area contributed by atoms with Crippen LogP contribution in [0.25, 0.3) is 0 Å². The highest BCUT2D eigenvalue weighted by Gasteiger charge is 2.08. The molecule has 1 N–H and O–H groups in total. The number of hydrogen-bond acceptors (Lipinski definition) is 2. The van der Waals surface area contributed by atoms with Gasteiger partial charge < -0.3 is 10.1 Å². The first-order valence-corrected chi connectivity index (χ1v) is 6.20. The van der Waals surface area contributed by atoms with Crippen molar-refractivity contribution in [1.29, 1.82) is 0 Å². The van der Waals surface area contributed by atoms with Crippen LogP contribution in [-0.2, 0) is 0 Å². The van der Waals surface area contributed by atoms with E-state index in [1.54, 1.807) is 6.07 Å². The van der Waals surface area contributed by atoms with Crippen molar-refractivity contribution in [3.8, 4) is 5.75 Å². The summed E-state index contributed by atoms with van der Waals surface area (Å²) < 4.78 is 19.1. The molecule has 1 rings (SSSR count). The Morgan fingerprint density at radius 1 is 1.24 bits per heavy atom. The SMILES string of the molecule is CCNC[C@H](C)Oc1cc(F)cc(C(C)C)c1. The third-order valence-corrected chi connectivity index (χ3v) is 2.58. The van der Waals surface area contributed by atoms with Crippen molar-refractivity contribution in [1.82, 2.24) is 5.32 Å². The number of ether oxygens (including phenoxy) is 1. The molecule has 0 unspecified atom stereocenters. The van der Waals surface area contributed by atoms with E-state index in [0.29, 0.717) is 11.7 Å². The molecule has 0 aliphatic rings. The smallest absolute Gasteiger partial charge is 0.127 e. The summed E-state index contributed by atoms with van der Waals surface area (Å²) in [6, 6.07) is 4.91. The fourth-order valence-electron chi connectivity index (χ4n) is 1.61. The Bertz CT molecular complexity index is 352. The molecule has 3 heteroatoms. The number of hydrogen-bond donors (Lipinski definition) is 1. The van der Waals surface area contributed by atoms with E-state index >= 15 is 0 Å². The van der Waals surface area contributed by atoms with E-state index in [9.17, 15) is 4.39 Å². The topological polar surface area (TPSA) is 21.3 Å². The van der Waals surface area contributed by atoms with Crippen molar-refractivity contribution in [3.63, 3.8) is 0 Å². The normalized spacial score (nSPS) is 12.8. The maximum absolute atomic E-state index is 13.4. The second-order valence-corrected chi connectivity index (χ2v) is 4.61. The van der Waals surface area contributed by atoms with Crippen molar-refractivity contribution in [2.75, 3.05) is 13.1 Å². The molecule has 0 spiro atoms. The van der Waals surface area contributed by atoms with Crippen molar-refractivity contribution in [2.45, 2.75) is 39.7 Å². The summed E-state index contributed by atoms with van der Waals surface area (Å²) in [6.45, 7) is 9.79. The number of likely N-dealkylation sites (N-methyl/N-ethyl adjacent to an activating group) is 1. The first-order chi connectivity index (χ1) is 8.02. The Hall–Kier alpha value is -1.09. The molecule has 0 bridgehead atoms. The Balaban J connectivity index is 2.70. The minimum absolute atomic E-state index is 0.0387. The largest absolute Gasteiger partial charge is 0.489 e. The van der Waals surface area contributed by atoms with Crippen LogP contribution >= 0.6 is 0 Å². The van der Waals surface area contributed by atoms with Gasteiger partial charge >= 0.3 is 0 Å². The summed E-state index contributed by atoms with van der Waals surface area (Å²) in [5, 5.41) is 3.20. The molecule has 0 saturated heterocycles. The third-order valence-electron chi connectivity index (χ3n) is 2.58. The zero-order chi connectivity index (χ0) is 12.8. The zero-order valence-corrected chi connectivity index (χ0v) is 11.1. The third kappa shape index (κ3) is 4.73. The van der Waals surface area contributed by atoms with Gasteiger partial charge in [-0.3, -0.25) is 0 Å². The average molecular weight is 239 g/mol. The number of halogens is 1. The van der Waals surface area contributed by atoms with Crippen molar-refractivity contribution in [2.24, 2.45) is 0 Å². The lowest BCUT2D eigenvalue weighted by molar-refractivity contribution is 0.217. The van der Waals surface area contributed by atoms with Crippen LogP contribution in [0.15, 0.2) is 18.2 Å². The Morgan fingerprint density at radius 2 is 1.94 bits per heavy atom. The summed E-state index contributed by atoms with van der Waals surface area (Å²) in [5.74, 6) is 0.679. The fourth-order valence-corrected chi connectivity index (χ4v) is 1.61. The van der Waals surface area contributed by atoms with E-state index in [2.05, 4.69) is 5.32 Å². The highest BCUT2D eigenvalue weighted by molar-refractivity contribution is 5.31. The maximum atomic E-state index is 13.4. The van der Waals surface area contributed by atoms with Crippen LogP contribution < -0.4 is 10.1 Å². The lowest BCUT2D eigenvalue weighted by Gasteiger charge is -2.16. The molecule has 96 valence electrons. The molecule has 2 nitrogen and oxygen atoms in total. The predicted octanol–water partition coefficient (Wildman–Crippen LogP) is 3.33. The van der Waals surface area contributed by atoms with Gasteiger partial charge in [0, 0.05) is 12.6 Å². The monoisotopic (exact) mass is 239 g/mol. The van der Waals surface area contributed by atoms with Crippen LogP contribution in [0.1, 0.15) is 39.2 Å². The van der Waals surface area contributed by atoms with Crippen molar-refractivity contribution >= 4 is 0 Å². The van der Waals surface area contributed by atoms with Gasteiger partial charge in [0.2, 0.25) is 0 Å².